The van der Waals surface area contributed by atoms with Gasteiger partial charge in [0.15, 0.2) is 0 Å². The molecule has 0 unspecified atom stereocenters. The van der Waals surface area contributed by atoms with Gasteiger partial charge in [-0.25, -0.2) is 4.39 Å². The standard InChI is InChI=1S/C17H19BrFN/c1-11(2)20-10-13-5-4-12(3)15(8-13)16-9-14(18)6-7-17(16)19/h4-9,11,20H,10H2,1-3H3. The van der Waals surface area contributed by atoms with Crippen molar-refractivity contribution >= 4 is 15.9 Å². The van der Waals surface area contributed by atoms with Crippen LogP contribution in [0, 0.1) is 12.7 Å². The van der Waals surface area contributed by atoms with E-state index in [0.717, 1.165) is 22.1 Å². The lowest BCUT2D eigenvalue weighted by Crippen LogP contribution is -2.21. The lowest BCUT2D eigenvalue weighted by molar-refractivity contribution is 0.589. The molecule has 2 rings (SSSR count). The molecule has 0 spiro atoms. The molecule has 0 heterocycles. The summed E-state index contributed by atoms with van der Waals surface area (Å²) in [5, 5.41) is 3.38. The lowest BCUT2D eigenvalue weighted by atomic mass is 9.97. The summed E-state index contributed by atoms with van der Waals surface area (Å²) < 4.78 is 14.9. The summed E-state index contributed by atoms with van der Waals surface area (Å²) in [6.45, 7) is 7.03. The van der Waals surface area contributed by atoms with E-state index >= 15 is 0 Å². The molecule has 0 aliphatic carbocycles. The molecule has 0 fully saturated rings. The largest absolute Gasteiger partial charge is 0.310 e. The third kappa shape index (κ3) is 3.68. The second-order valence-corrected chi connectivity index (χ2v) is 6.22. The van der Waals surface area contributed by atoms with E-state index in [1.165, 1.54) is 11.6 Å². The Bertz CT molecular complexity index is 608. The Morgan fingerprint density at radius 1 is 1.10 bits per heavy atom. The van der Waals surface area contributed by atoms with Gasteiger partial charge in [0, 0.05) is 22.6 Å². The van der Waals surface area contributed by atoms with Crippen molar-refractivity contribution in [2.45, 2.75) is 33.4 Å². The second kappa shape index (κ2) is 6.51. The minimum Gasteiger partial charge on any atom is -0.310 e. The molecule has 1 nitrogen and oxygen atoms in total. The van der Waals surface area contributed by atoms with E-state index in [-0.39, 0.29) is 5.82 Å². The van der Waals surface area contributed by atoms with E-state index in [1.807, 2.05) is 19.1 Å². The summed E-state index contributed by atoms with van der Waals surface area (Å²) >= 11 is 3.41. The predicted octanol–water partition coefficient (Wildman–Crippen LogP) is 5.06. The molecule has 20 heavy (non-hydrogen) atoms. The molecule has 2 aromatic rings. The molecule has 0 aromatic heterocycles. The maximum atomic E-state index is 14.0. The maximum Gasteiger partial charge on any atom is 0.131 e. The van der Waals surface area contributed by atoms with Gasteiger partial charge in [-0.2, -0.15) is 0 Å². The minimum absolute atomic E-state index is 0.190. The highest BCUT2D eigenvalue weighted by Gasteiger charge is 2.09. The van der Waals surface area contributed by atoms with Gasteiger partial charge >= 0.3 is 0 Å². The minimum atomic E-state index is -0.190. The van der Waals surface area contributed by atoms with Crippen LogP contribution in [0.2, 0.25) is 0 Å². The number of aryl methyl sites for hydroxylation is 1. The lowest BCUT2D eigenvalue weighted by Gasteiger charge is -2.12. The van der Waals surface area contributed by atoms with Crippen LogP contribution >= 0.6 is 15.9 Å². The van der Waals surface area contributed by atoms with Crippen molar-refractivity contribution in [3.63, 3.8) is 0 Å². The fraction of sp³-hybridized carbons (Fsp3) is 0.294. The molecule has 106 valence electrons. The molecule has 1 N–H and O–H groups in total. The van der Waals surface area contributed by atoms with Crippen LogP contribution in [0.25, 0.3) is 11.1 Å². The molecule has 0 amide bonds. The summed E-state index contributed by atoms with van der Waals surface area (Å²) in [6.07, 6.45) is 0. The molecule has 0 aliphatic rings. The Balaban J connectivity index is 2.40. The van der Waals surface area contributed by atoms with Crippen molar-refractivity contribution < 1.29 is 4.39 Å². The zero-order valence-corrected chi connectivity index (χ0v) is 13.6. The van der Waals surface area contributed by atoms with Crippen LogP contribution < -0.4 is 5.32 Å². The normalized spacial score (nSPS) is 11.1. The van der Waals surface area contributed by atoms with Crippen LogP contribution in [0.3, 0.4) is 0 Å². The molecular weight excluding hydrogens is 317 g/mol. The summed E-state index contributed by atoms with van der Waals surface area (Å²) in [7, 11) is 0. The van der Waals surface area contributed by atoms with Gasteiger partial charge in [-0.15, -0.1) is 0 Å². The first-order chi connectivity index (χ1) is 9.47. The van der Waals surface area contributed by atoms with E-state index in [9.17, 15) is 4.39 Å². The van der Waals surface area contributed by atoms with Gasteiger partial charge in [0.25, 0.3) is 0 Å². The van der Waals surface area contributed by atoms with Crippen LogP contribution in [-0.2, 0) is 6.54 Å². The number of halogens is 2. The van der Waals surface area contributed by atoms with Gasteiger partial charge in [-0.3, -0.25) is 0 Å². The van der Waals surface area contributed by atoms with Crippen molar-refractivity contribution in [1.82, 2.24) is 5.32 Å². The summed E-state index contributed by atoms with van der Waals surface area (Å²) in [6, 6.07) is 11.7. The van der Waals surface area contributed by atoms with E-state index in [4.69, 9.17) is 0 Å². The number of nitrogens with one attached hydrogen (secondary N) is 1. The van der Waals surface area contributed by atoms with Crippen LogP contribution in [-0.4, -0.2) is 6.04 Å². The fourth-order valence-corrected chi connectivity index (χ4v) is 2.46. The third-order valence-electron chi connectivity index (χ3n) is 3.23. The molecule has 0 bridgehead atoms. The third-order valence-corrected chi connectivity index (χ3v) is 3.73. The molecule has 2 aromatic carbocycles. The van der Waals surface area contributed by atoms with Gasteiger partial charge in [0.1, 0.15) is 5.82 Å². The highest BCUT2D eigenvalue weighted by molar-refractivity contribution is 9.10. The van der Waals surface area contributed by atoms with Crippen molar-refractivity contribution in [3.05, 3.63) is 57.8 Å². The van der Waals surface area contributed by atoms with E-state index in [0.29, 0.717) is 11.6 Å². The van der Waals surface area contributed by atoms with Crippen LogP contribution in [0.1, 0.15) is 25.0 Å². The van der Waals surface area contributed by atoms with Crippen LogP contribution in [0.5, 0.6) is 0 Å². The highest BCUT2D eigenvalue weighted by atomic mass is 79.9. The maximum absolute atomic E-state index is 14.0. The van der Waals surface area contributed by atoms with Crippen molar-refractivity contribution in [1.29, 1.82) is 0 Å². The van der Waals surface area contributed by atoms with Gasteiger partial charge in [0.2, 0.25) is 0 Å². The fourth-order valence-electron chi connectivity index (χ4n) is 2.10. The highest BCUT2D eigenvalue weighted by Crippen LogP contribution is 2.29. The van der Waals surface area contributed by atoms with E-state index < -0.39 is 0 Å². The van der Waals surface area contributed by atoms with Gasteiger partial charge in [0.05, 0.1) is 0 Å². The average Bonchev–Trinajstić information content (AvgIpc) is 2.41. The molecule has 0 aliphatic heterocycles. The Kier molecular flexibility index (Phi) is 4.95. The second-order valence-electron chi connectivity index (χ2n) is 5.31. The molecule has 0 radical (unpaired) electrons. The van der Waals surface area contributed by atoms with Crippen LogP contribution in [0.15, 0.2) is 40.9 Å². The van der Waals surface area contributed by atoms with Crippen LogP contribution in [0.4, 0.5) is 4.39 Å². The first-order valence-corrected chi connectivity index (χ1v) is 7.55. The monoisotopic (exact) mass is 335 g/mol. The van der Waals surface area contributed by atoms with Gasteiger partial charge in [-0.05, 0) is 47.9 Å². The Morgan fingerprint density at radius 3 is 2.55 bits per heavy atom. The smallest absolute Gasteiger partial charge is 0.131 e. The summed E-state index contributed by atoms with van der Waals surface area (Å²) in [4.78, 5) is 0. The number of rotatable bonds is 4. The van der Waals surface area contributed by atoms with Crippen molar-refractivity contribution in [2.75, 3.05) is 0 Å². The Morgan fingerprint density at radius 2 is 1.85 bits per heavy atom. The molecule has 0 atom stereocenters. The average molecular weight is 336 g/mol. The molecule has 3 heteroatoms. The molecule has 0 saturated carbocycles. The van der Waals surface area contributed by atoms with Gasteiger partial charge < -0.3 is 5.32 Å². The quantitative estimate of drug-likeness (QED) is 0.823. The number of hydrogen-bond acceptors (Lipinski definition) is 1. The van der Waals surface area contributed by atoms with E-state index in [2.05, 4.69) is 47.2 Å². The zero-order chi connectivity index (χ0) is 14.7. The molecular formula is C17H19BrFN. The first-order valence-electron chi connectivity index (χ1n) is 6.75. The SMILES string of the molecule is Cc1ccc(CNC(C)C)cc1-c1cc(Br)ccc1F. The first kappa shape index (κ1) is 15.2. The van der Waals surface area contributed by atoms with E-state index in [1.54, 1.807) is 6.07 Å². The van der Waals surface area contributed by atoms with Crippen molar-refractivity contribution in [2.24, 2.45) is 0 Å². The number of benzene rings is 2. The summed E-state index contributed by atoms with van der Waals surface area (Å²) in [5.74, 6) is -0.190. The van der Waals surface area contributed by atoms with Crippen molar-refractivity contribution in [3.8, 4) is 11.1 Å². The number of hydrogen-bond donors (Lipinski definition) is 1. The Hall–Kier alpha value is -1.19. The molecule has 0 saturated heterocycles. The summed E-state index contributed by atoms with van der Waals surface area (Å²) in [5.41, 5.74) is 3.84. The predicted molar refractivity (Wildman–Crippen MR) is 86.2 cm³/mol. The zero-order valence-electron chi connectivity index (χ0n) is 12.0. The van der Waals surface area contributed by atoms with Gasteiger partial charge in [-0.1, -0.05) is 41.9 Å². The topological polar surface area (TPSA) is 12.0 Å². The Labute approximate surface area is 128 Å².